The van der Waals surface area contributed by atoms with Crippen molar-refractivity contribution in [3.05, 3.63) is 46.0 Å². The fourth-order valence-corrected chi connectivity index (χ4v) is 1.81. The average molecular weight is 297 g/mol. The number of hydrogen-bond donors (Lipinski definition) is 1. The van der Waals surface area contributed by atoms with Crippen molar-refractivity contribution < 1.29 is 18.1 Å². The average Bonchev–Trinajstić information content (AvgIpc) is 2.89. The maximum Gasteiger partial charge on any atom is 0.308 e. The second-order valence-corrected chi connectivity index (χ2v) is 4.27. The summed E-state index contributed by atoms with van der Waals surface area (Å²) in [4.78, 5) is 13.6. The van der Waals surface area contributed by atoms with Crippen LogP contribution >= 0.6 is 0 Å². The van der Waals surface area contributed by atoms with Crippen LogP contribution in [0.25, 0.3) is 11.3 Å². The Balaban J connectivity index is 2.32. The van der Waals surface area contributed by atoms with Crippen LogP contribution in [-0.4, -0.2) is 23.0 Å². The van der Waals surface area contributed by atoms with Crippen LogP contribution in [0.1, 0.15) is 12.8 Å². The zero-order valence-electron chi connectivity index (χ0n) is 11.2. The number of benzene rings is 1. The predicted octanol–water partition coefficient (Wildman–Crippen LogP) is 2.68. The van der Waals surface area contributed by atoms with Gasteiger partial charge >= 0.3 is 5.69 Å². The summed E-state index contributed by atoms with van der Waals surface area (Å²) >= 11 is 0. The first-order valence-electron chi connectivity index (χ1n) is 6.32. The van der Waals surface area contributed by atoms with Gasteiger partial charge < -0.3 is 9.73 Å². The molecule has 0 unspecified atom stereocenters. The largest absolute Gasteiger partial charge is 0.441 e. The van der Waals surface area contributed by atoms with Gasteiger partial charge in [0, 0.05) is 13.0 Å². The number of oxazole rings is 1. The third kappa shape index (κ3) is 3.40. The molecule has 0 fully saturated rings. The maximum atomic E-state index is 14.0. The van der Waals surface area contributed by atoms with Crippen LogP contribution in [-0.2, 0) is 6.42 Å². The lowest BCUT2D eigenvalue weighted by Crippen LogP contribution is -2.16. The van der Waals surface area contributed by atoms with Gasteiger partial charge in [0.15, 0.2) is 11.7 Å². The van der Waals surface area contributed by atoms with Gasteiger partial charge in [0.2, 0.25) is 5.82 Å². The molecule has 0 aliphatic heterocycles. The summed E-state index contributed by atoms with van der Waals surface area (Å²) in [5.41, 5.74) is -1.25. The minimum atomic E-state index is -1.14. The Labute approximate surface area is 118 Å². The van der Waals surface area contributed by atoms with Crippen LogP contribution in [0.5, 0.6) is 0 Å². The molecule has 1 aromatic heterocycles. The van der Waals surface area contributed by atoms with Gasteiger partial charge in [-0.15, -0.1) is 0 Å². The molecule has 8 heteroatoms. The number of halogens is 2. The molecule has 0 spiro atoms. The van der Waals surface area contributed by atoms with Crippen LogP contribution in [0, 0.1) is 21.7 Å². The van der Waals surface area contributed by atoms with E-state index in [2.05, 4.69) is 10.3 Å². The van der Waals surface area contributed by atoms with Crippen LogP contribution in [0.4, 0.5) is 14.5 Å². The number of hydrogen-bond acceptors (Lipinski definition) is 5. The summed E-state index contributed by atoms with van der Waals surface area (Å²) in [5, 5.41) is 13.7. The normalized spacial score (nSPS) is 10.8. The highest BCUT2D eigenvalue weighted by atomic mass is 19.1. The quantitative estimate of drug-likeness (QED) is 0.503. The van der Waals surface area contributed by atoms with E-state index in [1.165, 1.54) is 6.20 Å². The summed E-state index contributed by atoms with van der Waals surface area (Å²) in [6.45, 7) is 3.36. The molecule has 2 rings (SSSR count). The summed E-state index contributed by atoms with van der Waals surface area (Å²) in [6.07, 6.45) is 1.70. The van der Waals surface area contributed by atoms with Crippen molar-refractivity contribution in [2.45, 2.75) is 13.3 Å². The first-order valence-corrected chi connectivity index (χ1v) is 6.32. The topological polar surface area (TPSA) is 81.2 Å². The number of nitro benzene ring substituents is 1. The van der Waals surface area contributed by atoms with Gasteiger partial charge in [-0.25, -0.2) is 9.37 Å². The number of likely N-dealkylation sites (N-methyl/N-ethyl adjacent to an activating group) is 1. The molecule has 21 heavy (non-hydrogen) atoms. The lowest BCUT2D eigenvalue weighted by molar-refractivity contribution is -0.387. The lowest BCUT2D eigenvalue weighted by atomic mass is 10.1. The van der Waals surface area contributed by atoms with Crippen LogP contribution in [0.3, 0.4) is 0 Å². The van der Waals surface area contributed by atoms with E-state index in [9.17, 15) is 18.9 Å². The predicted molar refractivity (Wildman–Crippen MR) is 70.8 cm³/mol. The Morgan fingerprint density at radius 2 is 2.19 bits per heavy atom. The Morgan fingerprint density at radius 1 is 1.43 bits per heavy atom. The van der Waals surface area contributed by atoms with Crippen molar-refractivity contribution in [1.29, 1.82) is 0 Å². The number of aromatic nitrogens is 1. The number of nitrogens with one attached hydrogen (secondary N) is 1. The van der Waals surface area contributed by atoms with Gasteiger partial charge in [0.25, 0.3) is 0 Å². The molecular weight excluding hydrogens is 284 g/mol. The molecule has 1 aromatic carbocycles. The van der Waals surface area contributed by atoms with Crippen molar-refractivity contribution in [2.75, 3.05) is 13.1 Å². The van der Waals surface area contributed by atoms with E-state index in [4.69, 9.17) is 4.42 Å². The van der Waals surface area contributed by atoms with E-state index in [-0.39, 0.29) is 11.3 Å². The molecule has 0 atom stereocenters. The third-order valence-electron chi connectivity index (χ3n) is 2.80. The minimum absolute atomic E-state index is 0.0402. The van der Waals surface area contributed by atoms with E-state index in [0.717, 1.165) is 12.6 Å². The minimum Gasteiger partial charge on any atom is -0.441 e. The molecule has 0 saturated carbocycles. The van der Waals surface area contributed by atoms with E-state index >= 15 is 0 Å². The number of nitro groups is 1. The highest BCUT2D eigenvalue weighted by molar-refractivity contribution is 5.62. The molecule has 0 aliphatic rings. The van der Waals surface area contributed by atoms with E-state index in [1.54, 1.807) is 0 Å². The van der Waals surface area contributed by atoms with Crippen LogP contribution < -0.4 is 5.32 Å². The van der Waals surface area contributed by atoms with Crippen molar-refractivity contribution in [3.63, 3.8) is 0 Å². The SMILES string of the molecule is CCNCCc1ncc(-c2cc(F)cc([N+](=O)[O-])c2F)o1. The summed E-state index contributed by atoms with van der Waals surface area (Å²) in [7, 11) is 0. The monoisotopic (exact) mass is 297 g/mol. The molecule has 0 bridgehead atoms. The van der Waals surface area contributed by atoms with Crippen molar-refractivity contribution in [2.24, 2.45) is 0 Å². The molecule has 0 saturated heterocycles. The molecule has 6 nitrogen and oxygen atoms in total. The van der Waals surface area contributed by atoms with Gasteiger partial charge in [-0.2, -0.15) is 4.39 Å². The Bertz CT molecular complexity index is 658. The summed E-state index contributed by atoms with van der Waals surface area (Å²) in [6, 6.07) is 1.37. The first-order chi connectivity index (χ1) is 10.0. The smallest absolute Gasteiger partial charge is 0.308 e. The van der Waals surface area contributed by atoms with Gasteiger partial charge in [-0.05, 0) is 12.6 Å². The van der Waals surface area contributed by atoms with Gasteiger partial charge in [0.05, 0.1) is 22.7 Å². The standard InChI is InChI=1S/C13H13F2N3O3/c1-2-16-4-3-12-17-7-11(21-12)9-5-8(14)6-10(13(9)15)18(19)20/h5-7,16H,2-4H2,1H3. The summed E-state index contributed by atoms with van der Waals surface area (Å²) in [5.74, 6) is -1.75. The van der Waals surface area contributed by atoms with Crippen molar-refractivity contribution in [1.82, 2.24) is 10.3 Å². The molecule has 2 aromatic rings. The molecular formula is C13H13F2N3O3. The molecule has 0 aliphatic carbocycles. The zero-order chi connectivity index (χ0) is 15.4. The fraction of sp³-hybridized carbons (Fsp3) is 0.308. The fourth-order valence-electron chi connectivity index (χ4n) is 1.81. The van der Waals surface area contributed by atoms with Gasteiger partial charge in [-0.3, -0.25) is 10.1 Å². The molecule has 1 heterocycles. The van der Waals surface area contributed by atoms with Crippen molar-refractivity contribution in [3.8, 4) is 11.3 Å². The zero-order valence-corrected chi connectivity index (χ0v) is 11.2. The Kier molecular flexibility index (Phi) is 4.59. The maximum absolute atomic E-state index is 14.0. The van der Waals surface area contributed by atoms with Crippen molar-refractivity contribution >= 4 is 5.69 Å². The van der Waals surface area contributed by atoms with Gasteiger partial charge in [0.1, 0.15) is 5.82 Å². The van der Waals surface area contributed by atoms with Gasteiger partial charge in [-0.1, -0.05) is 6.92 Å². The highest BCUT2D eigenvalue weighted by Crippen LogP contribution is 2.30. The van der Waals surface area contributed by atoms with Crippen LogP contribution in [0.2, 0.25) is 0 Å². The van der Waals surface area contributed by atoms with E-state index in [1.807, 2.05) is 6.92 Å². The molecule has 0 radical (unpaired) electrons. The highest BCUT2D eigenvalue weighted by Gasteiger charge is 2.23. The number of nitrogens with zero attached hydrogens (tertiary/aromatic N) is 2. The first kappa shape index (κ1) is 15.0. The lowest BCUT2D eigenvalue weighted by Gasteiger charge is -2.01. The Morgan fingerprint density at radius 3 is 2.86 bits per heavy atom. The number of rotatable bonds is 6. The third-order valence-corrected chi connectivity index (χ3v) is 2.80. The Hall–Kier alpha value is -2.35. The molecule has 0 amide bonds. The molecule has 112 valence electrons. The summed E-state index contributed by atoms with van der Waals surface area (Å²) < 4.78 is 32.7. The van der Waals surface area contributed by atoms with Crippen LogP contribution in [0.15, 0.2) is 22.7 Å². The van der Waals surface area contributed by atoms with E-state index < -0.39 is 22.2 Å². The molecule has 1 N–H and O–H groups in total. The second-order valence-electron chi connectivity index (χ2n) is 4.27. The van der Waals surface area contributed by atoms with E-state index in [0.29, 0.717) is 24.9 Å². The second kappa shape index (κ2) is 6.40.